The van der Waals surface area contributed by atoms with Gasteiger partial charge in [0, 0.05) is 28.5 Å². The van der Waals surface area contributed by atoms with Crippen LogP contribution in [0.2, 0.25) is 0 Å². The van der Waals surface area contributed by atoms with Gasteiger partial charge in [-0.05, 0) is 23.8 Å². The number of rotatable bonds is 6. The van der Waals surface area contributed by atoms with Gasteiger partial charge in [-0.3, -0.25) is 9.59 Å². The van der Waals surface area contributed by atoms with Crippen LogP contribution in [0.4, 0.5) is 5.82 Å². The van der Waals surface area contributed by atoms with Crippen LogP contribution in [0, 0.1) is 0 Å². The van der Waals surface area contributed by atoms with E-state index in [1.807, 2.05) is 30.5 Å². The minimum atomic E-state index is -0.543. The zero-order valence-corrected chi connectivity index (χ0v) is 16.6. The summed E-state index contributed by atoms with van der Waals surface area (Å²) in [7, 11) is 0. The number of primary amides is 1. The average Bonchev–Trinajstić information content (AvgIpc) is 3.17. The second kappa shape index (κ2) is 8.26. The molecule has 2 aromatic heterocycles. The van der Waals surface area contributed by atoms with Crippen molar-refractivity contribution in [1.29, 1.82) is 0 Å². The monoisotopic (exact) mass is 418 g/mol. The number of nitrogens with two attached hydrogens (primary N) is 2. The second-order valence-corrected chi connectivity index (χ2v) is 7.51. The molecule has 0 spiro atoms. The maximum atomic E-state index is 12.7. The Balaban J connectivity index is 1.53. The van der Waals surface area contributed by atoms with Crippen LogP contribution in [0.3, 0.4) is 0 Å². The molecular weight excluding hydrogens is 400 g/mol. The van der Waals surface area contributed by atoms with Crippen LogP contribution in [0.25, 0.3) is 10.9 Å². The van der Waals surface area contributed by atoms with Gasteiger partial charge in [0.2, 0.25) is 5.91 Å². The number of aromatic amines is 1. The number of carbonyl (C=O) groups is 2. The molecule has 0 bridgehead atoms. The largest absolute Gasteiger partial charge is 0.382 e. The molecule has 8 nitrogen and oxygen atoms in total. The molecule has 0 atom stereocenters. The molecule has 30 heavy (non-hydrogen) atoms. The first-order valence-corrected chi connectivity index (χ1v) is 9.87. The Labute approximate surface area is 176 Å². The van der Waals surface area contributed by atoms with Crippen molar-refractivity contribution in [3.63, 3.8) is 0 Å². The fourth-order valence-electron chi connectivity index (χ4n) is 3.01. The normalized spacial score (nSPS) is 10.8. The first-order chi connectivity index (χ1) is 14.5. The van der Waals surface area contributed by atoms with E-state index in [0.717, 1.165) is 16.5 Å². The molecule has 2 heterocycles. The summed E-state index contributed by atoms with van der Waals surface area (Å²) >= 11 is 1.19. The molecule has 0 aliphatic carbocycles. The van der Waals surface area contributed by atoms with Crippen LogP contribution in [-0.4, -0.2) is 26.8 Å². The van der Waals surface area contributed by atoms with Crippen molar-refractivity contribution in [2.75, 3.05) is 5.73 Å². The Hall–Kier alpha value is -3.85. The van der Waals surface area contributed by atoms with E-state index >= 15 is 0 Å². The lowest BCUT2D eigenvalue weighted by Crippen LogP contribution is -2.25. The first kappa shape index (κ1) is 19.5. The van der Waals surface area contributed by atoms with Crippen molar-refractivity contribution >= 4 is 40.3 Å². The number of H-pyrrole nitrogens is 1. The Morgan fingerprint density at radius 2 is 1.87 bits per heavy atom. The minimum Gasteiger partial charge on any atom is -0.382 e. The Morgan fingerprint density at radius 1 is 1.10 bits per heavy atom. The molecule has 0 fully saturated rings. The fraction of sp³-hybridized carbons (Fsp3) is 0.0476. The molecule has 2 aromatic carbocycles. The quantitative estimate of drug-likeness (QED) is 0.380. The Bertz CT molecular complexity index is 1250. The summed E-state index contributed by atoms with van der Waals surface area (Å²) in [6.07, 6.45) is 3.31. The van der Waals surface area contributed by atoms with E-state index in [0.29, 0.717) is 22.0 Å². The number of nitrogens with zero attached hydrogens (tertiary/aromatic N) is 2. The Morgan fingerprint density at radius 3 is 2.70 bits per heavy atom. The minimum absolute atomic E-state index is 0.0244. The highest BCUT2D eigenvalue weighted by molar-refractivity contribution is 7.99. The topological polar surface area (TPSA) is 140 Å². The standard InChI is InChI=1S/C21H18N6O2S/c22-19-18(21(29)26-10-12-9-24-15-7-3-1-5-13(12)15)27-17(11-25-19)30-16-8-4-2-6-14(16)20(23)28/h1-9,11,24H,10H2,(H2,22,25)(H2,23,28)(H,26,29). The summed E-state index contributed by atoms with van der Waals surface area (Å²) in [6, 6.07) is 14.7. The molecule has 6 N–H and O–H groups in total. The van der Waals surface area contributed by atoms with Crippen molar-refractivity contribution < 1.29 is 9.59 Å². The number of nitrogen functional groups attached to an aromatic ring is 1. The number of hydrogen-bond donors (Lipinski definition) is 4. The molecule has 2 amide bonds. The first-order valence-electron chi connectivity index (χ1n) is 9.05. The molecular formula is C21H18N6O2S. The molecule has 0 unspecified atom stereocenters. The third-order valence-corrected chi connectivity index (χ3v) is 5.46. The van der Waals surface area contributed by atoms with Gasteiger partial charge in [-0.15, -0.1) is 0 Å². The number of para-hydroxylation sites is 1. The molecule has 0 radical (unpaired) electrons. The van der Waals surface area contributed by atoms with Crippen molar-refractivity contribution in [2.24, 2.45) is 5.73 Å². The van der Waals surface area contributed by atoms with Gasteiger partial charge in [0.1, 0.15) is 5.03 Å². The van der Waals surface area contributed by atoms with Crippen molar-refractivity contribution in [1.82, 2.24) is 20.3 Å². The van der Waals surface area contributed by atoms with Crippen molar-refractivity contribution in [2.45, 2.75) is 16.5 Å². The van der Waals surface area contributed by atoms with Crippen molar-refractivity contribution in [3.05, 3.63) is 77.7 Å². The van der Waals surface area contributed by atoms with Gasteiger partial charge in [0.15, 0.2) is 11.5 Å². The van der Waals surface area contributed by atoms with Gasteiger partial charge in [0.25, 0.3) is 5.91 Å². The number of benzene rings is 2. The number of anilines is 1. The fourth-order valence-corrected chi connectivity index (χ4v) is 3.90. The van der Waals surface area contributed by atoms with E-state index in [9.17, 15) is 9.59 Å². The molecule has 9 heteroatoms. The lowest BCUT2D eigenvalue weighted by Gasteiger charge is -2.09. The van der Waals surface area contributed by atoms with Crippen LogP contribution in [0.1, 0.15) is 26.4 Å². The predicted molar refractivity (Wildman–Crippen MR) is 115 cm³/mol. The van der Waals surface area contributed by atoms with Gasteiger partial charge >= 0.3 is 0 Å². The molecule has 0 aliphatic rings. The van der Waals surface area contributed by atoms with Crippen LogP contribution >= 0.6 is 11.8 Å². The van der Waals surface area contributed by atoms with Crippen LogP contribution in [0.15, 0.2) is 70.8 Å². The number of nitrogens with one attached hydrogen (secondary N) is 2. The van der Waals surface area contributed by atoms with Crippen LogP contribution in [0.5, 0.6) is 0 Å². The van der Waals surface area contributed by atoms with E-state index in [4.69, 9.17) is 11.5 Å². The smallest absolute Gasteiger partial charge is 0.274 e. The maximum absolute atomic E-state index is 12.7. The summed E-state index contributed by atoms with van der Waals surface area (Å²) in [4.78, 5) is 36.5. The van der Waals surface area contributed by atoms with Crippen LogP contribution < -0.4 is 16.8 Å². The summed E-state index contributed by atoms with van der Waals surface area (Å²) in [6.45, 7) is 0.311. The Kier molecular flexibility index (Phi) is 5.36. The van der Waals surface area contributed by atoms with E-state index < -0.39 is 11.8 Å². The highest BCUT2D eigenvalue weighted by Crippen LogP contribution is 2.29. The SMILES string of the molecule is NC(=O)c1ccccc1Sc1cnc(N)c(C(=O)NCc2c[nH]c3ccccc23)n1. The zero-order chi connectivity index (χ0) is 21.1. The third kappa shape index (κ3) is 3.96. The number of carbonyl (C=O) groups excluding carboxylic acids is 2. The predicted octanol–water partition coefficient (Wildman–Crippen LogP) is 2.72. The van der Waals surface area contributed by atoms with Gasteiger partial charge < -0.3 is 21.8 Å². The van der Waals surface area contributed by atoms with Crippen LogP contribution in [-0.2, 0) is 6.54 Å². The third-order valence-electron chi connectivity index (χ3n) is 4.48. The van der Waals surface area contributed by atoms with E-state index in [1.165, 1.54) is 18.0 Å². The molecule has 4 rings (SSSR count). The second-order valence-electron chi connectivity index (χ2n) is 6.45. The molecule has 0 aliphatic heterocycles. The number of aromatic nitrogens is 3. The van der Waals surface area contributed by atoms with E-state index in [1.54, 1.807) is 24.3 Å². The molecule has 0 saturated heterocycles. The van der Waals surface area contributed by atoms with Gasteiger partial charge in [-0.1, -0.05) is 42.1 Å². The maximum Gasteiger partial charge on any atom is 0.274 e. The molecule has 4 aromatic rings. The summed E-state index contributed by atoms with van der Waals surface area (Å²) in [5.74, 6) is -0.951. The highest BCUT2D eigenvalue weighted by Gasteiger charge is 2.16. The lowest BCUT2D eigenvalue weighted by molar-refractivity contribution is 0.0944. The van der Waals surface area contributed by atoms with Gasteiger partial charge in [-0.2, -0.15) is 0 Å². The van der Waals surface area contributed by atoms with Crippen molar-refractivity contribution in [3.8, 4) is 0 Å². The lowest BCUT2D eigenvalue weighted by atomic mass is 10.2. The average molecular weight is 418 g/mol. The summed E-state index contributed by atoms with van der Waals surface area (Å²) in [5, 5.41) is 4.29. The summed E-state index contributed by atoms with van der Waals surface area (Å²) < 4.78 is 0. The van der Waals surface area contributed by atoms with E-state index in [-0.39, 0.29) is 11.5 Å². The molecule has 150 valence electrons. The highest BCUT2D eigenvalue weighted by atomic mass is 32.2. The number of amides is 2. The summed E-state index contributed by atoms with van der Waals surface area (Å²) in [5.41, 5.74) is 13.6. The van der Waals surface area contributed by atoms with Gasteiger partial charge in [0.05, 0.1) is 11.8 Å². The van der Waals surface area contributed by atoms with E-state index in [2.05, 4.69) is 20.3 Å². The van der Waals surface area contributed by atoms with Gasteiger partial charge in [-0.25, -0.2) is 9.97 Å². The molecule has 0 saturated carbocycles. The zero-order valence-electron chi connectivity index (χ0n) is 15.8. The number of hydrogen-bond acceptors (Lipinski definition) is 6. The number of fused-ring (bicyclic) bond motifs is 1.